The quantitative estimate of drug-likeness (QED) is 0.601. The summed E-state index contributed by atoms with van der Waals surface area (Å²) in [7, 11) is 0. The summed E-state index contributed by atoms with van der Waals surface area (Å²) < 4.78 is 18.0. The molecule has 0 bridgehead atoms. The average Bonchev–Trinajstić information content (AvgIpc) is 2.23. The van der Waals surface area contributed by atoms with Gasteiger partial charge in [-0.25, -0.2) is 4.39 Å². The highest BCUT2D eigenvalue weighted by molar-refractivity contribution is 6.17. The number of rotatable bonds is 4. The van der Waals surface area contributed by atoms with Crippen molar-refractivity contribution in [2.75, 3.05) is 6.61 Å². The van der Waals surface area contributed by atoms with Gasteiger partial charge in [-0.3, -0.25) is 4.79 Å². The molecule has 0 unspecified atom stereocenters. The van der Waals surface area contributed by atoms with Crippen molar-refractivity contribution in [2.24, 2.45) is 0 Å². The zero-order chi connectivity index (χ0) is 12.1. The number of hydrogen-bond donors (Lipinski definition) is 0. The lowest BCUT2D eigenvalue weighted by molar-refractivity contribution is -0.142. The fourth-order valence-corrected chi connectivity index (χ4v) is 1.76. The van der Waals surface area contributed by atoms with Crippen LogP contribution in [0.2, 0.25) is 0 Å². The van der Waals surface area contributed by atoms with Gasteiger partial charge in [0, 0.05) is 5.88 Å². The summed E-state index contributed by atoms with van der Waals surface area (Å²) in [5.41, 5.74) is 2.19. The molecule has 0 radical (unpaired) electrons. The number of esters is 1. The van der Waals surface area contributed by atoms with E-state index < -0.39 is 0 Å². The third kappa shape index (κ3) is 3.20. The predicted molar refractivity (Wildman–Crippen MR) is 61.0 cm³/mol. The van der Waals surface area contributed by atoms with Crippen molar-refractivity contribution >= 4 is 17.6 Å². The molecule has 0 aliphatic heterocycles. The SMILES string of the molecule is CCOC(=O)Cc1cc(F)cc(CCl)c1C. The first-order valence-corrected chi connectivity index (χ1v) is 5.61. The summed E-state index contributed by atoms with van der Waals surface area (Å²) in [6.45, 7) is 3.89. The number of ether oxygens (including phenoxy) is 1. The smallest absolute Gasteiger partial charge is 0.310 e. The summed E-state index contributed by atoms with van der Waals surface area (Å²) in [4.78, 5) is 11.3. The zero-order valence-electron chi connectivity index (χ0n) is 9.35. The van der Waals surface area contributed by atoms with Gasteiger partial charge in [0.1, 0.15) is 5.82 Å². The summed E-state index contributed by atoms with van der Waals surface area (Å²) >= 11 is 5.69. The summed E-state index contributed by atoms with van der Waals surface area (Å²) in [5, 5.41) is 0. The van der Waals surface area contributed by atoms with E-state index in [0.29, 0.717) is 17.7 Å². The largest absolute Gasteiger partial charge is 0.466 e. The Morgan fingerprint density at radius 1 is 1.44 bits per heavy atom. The molecule has 0 fully saturated rings. The molecule has 0 saturated heterocycles. The molecule has 0 heterocycles. The second-order valence-electron chi connectivity index (χ2n) is 3.46. The van der Waals surface area contributed by atoms with Gasteiger partial charge in [-0.2, -0.15) is 0 Å². The Morgan fingerprint density at radius 3 is 2.62 bits per heavy atom. The summed E-state index contributed by atoms with van der Waals surface area (Å²) in [5.74, 6) is -0.489. The first-order chi connectivity index (χ1) is 7.58. The predicted octanol–water partition coefficient (Wildman–Crippen LogP) is 2.98. The van der Waals surface area contributed by atoms with Gasteiger partial charge in [0.25, 0.3) is 0 Å². The molecule has 4 heteroatoms. The van der Waals surface area contributed by atoms with Gasteiger partial charge in [-0.15, -0.1) is 11.6 Å². The lowest BCUT2D eigenvalue weighted by Gasteiger charge is -2.09. The van der Waals surface area contributed by atoms with E-state index >= 15 is 0 Å². The Balaban J connectivity index is 2.95. The Bertz CT molecular complexity index is 391. The van der Waals surface area contributed by atoms with Gasteiger partial charge in [0.2, 0.25) is 0 Å². The summed E-state index contributed by atoms with van der Waals surface area (Å²) in [6.07, 6.45) is 0.0846. The van der Waals surface area contributed by atoms with E-state index in [9.17, 15) is 9.18 Å². The van der Waals surface area contributed by atoms with Crippen molar-refractivity contribution < 1.29 is 13.9 Å². The topological polar surface area (TPSA) is 26.3 Å². The number of carbonyl (C=O) groups is 1. The minimum Gasteiger partial charge on any atom is -0.466 e. The Morgan fingerprint density at radius 2 is 2.06 bits per heavy atom. The van der Waals surface area contributed by atoms with E-state index in [4.69, 9.17) is 16.3 Å². The maximum atomic E-state index is 13.2. The van der Waals surface area contributed by atoms with Crippen LogP contribution < -0.4 is 0 Å². The molecule has 0 aromatic heterocycles. The van der Waals surface area contributed by atoms with Crippen LogP contribution in [0.15, 0.2) is 12.1 Å². The first kappa shape index (κ1) is 13.0. The van der Waals surface area contributed by atoms with E-state index in [2.05, 4.69) is 0 Å². The molecule has 88 valence electrons. The Kier molecular flexibility index (Phi) is 4.74. The molecular formula is C12H14ClFO2. The number of halogens is 2. The highest BCUT2D eigenvalue weighted by Gasteiger charge is 2.11. The van der Waals surface area contributed by atoms with E-state index in [1.165, 1.54) is 12.1 Å². The molecule has 0 amide bonds. The van der Waals surface area contributed by atoms with Crippen LogP contribution in [0.5, 0.6) is 0 Å². The lowest BCUT2D eigenvalue weighted by atomic mass is 10.0. The minimum absolute atomic E-state index is 0.0846. The third-order valence-corrected chi connectivity index (χ3v) is 2.66. The lowest BCUT2D eigenvalue weighted by Crippen LogP contribution is -2.09. The fourth-order valence-electron chi connectivity index (χ4n) is 1.49. The average molecular weight is 245 g/mol. The van der Waals surface area contributed by atoms with Gasteiger partial charge in [-0.1, -0.05) is 0 Å². The molecule has 16 heavy (non-hydrogen) atoms. The van der Waals surface area contributed by atoms with E-state index in [-0.39, 0.29) is 24.1 Å². The van der Waals surface area contributed by atoms with Crippen molar-refractivity contribution in [3.05, 3.63) is 34.6 Å². The second-order valence-corrected chi connectivity index (χ2v) is 3.73. The Hall–Kier alpha value is -1.09. The molecule has 1 rings (SSSR count). The van der Waals surface area contributed by atoms with Gasteiger partial charge < -0.3 is 4.74 Å². The molecule has 1 aromatic carbocycles. The van der Waals surface area contributed by atoms with Crippen molar-refractivity contribution in [3.63, 3.8) is 0 Å². The van der Waals surface area contributed by atoms with Crippen LogP contribution in [-0.2, 0) is 21.8 Å². The maximum Gasteiger partial charge on any atom is 0.310 e. The zero-order valence-corrected chi connectivity index (χ0v) is 10.1. The number of carbonyl (C=O) groups excluding carboxylic acids is 1. The van der Waals surface area contributed by atoms with Crippen LogP contribution in [-0.4, -0.2) is 12.6 Å². The van der Waals surface area contributed by atoms with Crippen LogP contribution in [0, 0.1) is 12.7 Å². The highest BCUT2D eigenvalue weighted by Crippen LogP contribution is 2.19. The summed E-state index contributed by atoms with van der Waals surface area (Å²) in [6, 6.07) is 2.74. The van der Waals surface area contributed by atoms with Crippen LogP contribution in [0.25, 0.3) is 0 Å². The molecule has 0 N–H and O–H groups in total. The highest BCUT2D eigenvalue weighted by atomic mass is 35.5. The van der Waals surface area contributed by atoms with E-state index in [1.54, 1.807) is 6.92 Å². The molecule has 0 aliphatic rings. The van der Waals surface area contributed by atoms with Crippen molar-refractivity contribution in [1.29, 1.82) is 0 Å². The number of alkyl halides is 1. The standard InChI is InChI=1S/C12H14ClFO2/c1-3-16-12(15)6-9-4-11(14)5-10(7-13)8(9)2/h4-5H,3,6-7H2,1-2H3. The van der Waals surface area contributed by atoms with Crippen LogP contribution in [0.3, 0.4) is 0 Å². The van der Waals surface area contributed by atoms with E-state index in [0.717, 1.165) is 5.56 Å². The van der Waals surface area contributed by atoms with Gasteiger partial charge in [-0.05, 0) is 42.7 Å². The molecule has 0 atom stereocenters. The normalized spacial score (nSPS) is 10.2. The van der Waals surface area contributed by atoms with Crippen LogP contribution in [0.4, 0.5) is 4.39 Å². The Labute approximate surface area is 99.4 Å². The van der Waals surface area contributed by atoms with Crippen LogP contribution >= 0.6 is 11.6 Å². The van der Waals surface area contributed by atoms with Gasteiger partial charge >= 0.3 is 5.97 Å². The number of hydrogen-bond acceptors (Lipinski definition) is 2. The third-order valence-electron chi connectivity index (χ3n) is 2.37. The monoisotopic (exact) mass is 244 g/mol. The van der Waals surface area contributed by atoms with Crippen molar-refractivity contribution in [3.8, 4) is 0 Å². The van der Waals surface area contributed by atoms with Gasteiger partial charge in [0.05, 0.1) is 13.0 Å². The molecular weight excluding hydrogens is 231 g/mol. The second kappa shape index (κ2) is 5.85. The minimum atomic E-state index is -0.374. The first-order valence-electron chi connectivity index (χ1n) is 5.08. The van der Waals surface area contributed by atoms with Crippen molar-refractivity contribution in [1.82, 2.24) is 0 Å². The van der Waals surface area contributed by atoms with Crippen LogP contribution in [0.1, 0.15) is 23.6 Å². The molecule has 0 spiro atoms. The molecule has 2 nitrogen and oxygen atoms in total. The van der Waals surface area contributed by atoms with E-state index in [1.807, 2.05) is 6.92 Å². The maximum absolute atomic E-state index is 13.2. The molecule has 0 aliphatic carbocycles. The molecule has 0 saturated carbocycles. The number of benzene rings is 1. The van der Waals surface area contributed by atoms with Gasteiger partial charge in [0.15, 0.2) is 0 Å². The molecule has 1 aromatic rings. The van der Waals surface area contributed by atoms with Crippen molar-refractivity contribution in [2.45, 2.75) is 26.1 Å². The fraction of sp³-hybridized carbons (Fsp3) is 0.417.